The molecule has 51 heavy (non-hydrogen) atoms. The van der Waals surface area contributed by atoms with Gasteiger partial charge in [0.15, 0.2) is 31.2 Å². The van der Waals surface area contributed by atoms with Crippen LogP contribution in [0.1, 0.15) is 91.1 Å². The van der Waals surface area contributed by atoms with Crippen LogP contribution >= 0.6 is 12.2 Å². The first-order chi connectivity index (χ1) is 23.3. The molecule has 2 aliphatic rings. The molecule has 0 amide bonds. The maximum Gasteiger partial charge on any atom is 0.328 e. The van der Waals surface area contributed by atoms with Gasteiger partial charge in [0.25, 0.3) is 0 Å². The minimum atomic E-state index is -2.41. The normalized spacial score (nSPS) is 21.9. The molecule has 5 rings (SSSR count). The van der Waals surface area contributed by atoms with Crippen molar-refractivity contribution in [1.82, 2.24) is 9.55 Å². The molecule has 2 aromatic carbocycles. The summed E-state index contributed by atoms with van der Waals surface area (Å²) in [4.78, 5) is 17.2. The van der Waals surface area contributed by atoms with E-state index in [1.807, 2.05) is 6.20 Å². The predicted molar refractivity (Wildman–Crippen MR) is 220 cm³/mol. The topological polar surface area (TPSA) is 74.7 Å². The predicted octanol–water partition coefficient (Wildman–Crippen LogP) is 10.8. The summed E-state index contributed by atoms with van der Waals surface area (Å²) in [6, 6.07) is 16.9. The molecule has 0 saturated carbocycles. The molecule has 0 spiro atoms. The fourth-order valence-electron chi connectivity index (χ4n) is 6.26. The first kappa shape index (κ1) is 40.2. The largest absolute Gasteiger partial charge is 0.414 e. The maximum atomic E-state index is 14.2. The minimum absolute atomic E-state index is 0.0196. The van der Waals surface area contributed by atoms with Crippen LogP contribution in [-0.4, -0.2) is 59.4 Å². The molecule has 3 aromatic rings. The standard InChI is InChI=1S/C40H62N2O5SSi3/c1-38(2,3)49(10,11)44-25-31-33(46-50(12,13)39(4,5)6)34(47-51(14,15)40(7,8)9)36(45-31)42-24-30(35(48)41-37(42)43)32-28-22-18-16-20-26(28)27-21-17-19-23-29(27)32/h16-24,31-34,36H,25H2,1-15H3,(H,41,43,48)/t31-,33-,34-,36-/m1/s1. The number of nitrogens with zero attached hydrogens (tertiary/aromatic N) is 1. The Bertz CT molecular complexity index is 1820. The zero-order chi connectivity index (χ0) is 38.1. The number of aromatic amines is 1. The summed E-state index contributed by atoms with van der Waals surface area (Å²) in [7, 11) is -6.92. The number of rotatable bonds is 9. The Kier molecular flexibility index (Phi) is 10.8. The lowest BCUT2D eigenvalue weighted by molar-refractivity contribution is -0.0511. The molecule has 4 atom stereocenters. The molecule has 7 nitrogen and oxygen atoms in total. The van der Waals surface area contributed by atoms with Crippen molar-refractivity contribution in [2.45, 2.75) is 147 Å². The van der Waals surface area contributed by atoms with Crippen molar-refractivity contribution in [2.24, 2.45) is 0 Å². The molecule has 1 N–H and O–H groups in total. The number of benzene rings is 2. The first-order valence-corrected chi connectivity index (χ1v) is 27.6. The lowest BCUT2D eigenvalue weighted by Gasteiger charge is -2.44. The molecule has 0 bridgehead atoms. The second-order valence-electron chi connectivity index (χ2n) is 19.2. The van der Waals surface area contributed by atoms with E-state index in [-0.39, 0.29) is 26.7 Å². The Labute approximate surface area is 314 Å². The highest BCUT2D eigenvalue weighted by Crippen LogP contribution is 2.49. The second kappa shape index (κ2) is 13.7. The molecule has 1 fully saturated rings. The van der Waals surface area contributed by atoms with Gasteiger partial charge in [0.05, 0.1) is 6.61 Å². The number of ether oxygens (including phenoxy) is 1. The van der Waals surface area contributed by atoms with Gasteiger partial charge in [0, 0.05) is 17.7 Å². The SMILES string of the molecule is CC(C)(C)[Si](C)(C)OC[C@H]1O[C@@H](n2cc(C3c4ccccc4-c4ccccc43)c(=S)[nH]c2=O)[C@H](O[Si](C)(C)C(C)(C)C)[C@@H]1O[Si](C)(C)C(C)(C)C. The lowest BCUT2D eigenvalue weighted by Crippen LogP contribution is -2.54. The van der Waals surface area contributed by atoms with E-state index in [0.717, 1.165) is 5.56 Å². The van der Waals surface area contributed by atoms with Crippen LogP contribution in [0.15, 0.2) is 59.5 Å². The Morgan fingerprint density at radius 2 is 1.16 bits per heavy atom. The monoisotopic (exact) mass is 766 g/mol. The molecule has 0 radical (unpaired) electrons. The quantitative estimate of drug-likeness (QED) is 0.135. The molecule has 1 aliphatic carbocycles. The van der Waals surface area contributed by atoms with E-state index >= 15 is 0 Å². The van der Waals surface area contributed by atoms with Gasteiger partial charge in [-0.2, -0.15) is 0 Å². The van der Waals surface area contributed by atoms with E-state index in [9.17, 15) is 4.79 Å². The van der Waals surface area contributed by atoms with Gasteiger partial charge in [0.2, 0.25) is 0 Å². The third-order valence-electron chi connectivity index (χ3n) is 12.6. The van der Waals surface area contributed by atoms with Gasteiger partial charge in [-0.25, -0.2) is 4.79 Å². The summed E-state index contributed by atoms with van der Waals surface area (Å²) in [6.07, 6.45) is -0.267. The zero-order valence-corrected chi connectivity index (χ0v) is 37.5. The summed E-state index contributed by atoms with van der Waals surface area (Å²) in [5.41, 5.74) is 5.25. The van der Waals surface area contributed by atoms with Crippen LogP contribution in [0, 0.1) is 4.64 Å². The highest BCUT2D eigenvalue weighted by Gasteiger charge is 2.55. The number of fused-ring (bicyclic) bond motifs is 3. The summed E-state index contributed by atoms with van der Waals surface area (Å²) in [5.74, 6) is -0.133. The fraction of sp³-hybridized carbons (Fsp3) is 0.600. The van der Waals surface area contributed by atoms with Crippen molar-refractivity contribution in [2.75, 3.05) is 6.61 Å². The van der Waals surface area contributed by atoms with Crippen LogP contribution < -0.4 is 5.69 Å². The molecule has 1 aromatic heterocycles. The van der Waals surface area contributed by atoms with Crippen LogP contribution in [0.4, 0.5) is 0 Å². The van der Waals surface area contributed by atoms with Crippen LogP contribution in [0.5, 0.6) is 0 Å². The third-order valence-corrected chi connectivity index (χ3v) is 26.4. The van der Waals surface area contributed by atoms with Crippen molar-refractivity contribution in [3.63, 3.8) is 0 Å². The number of nitrogens with one attached hydrogen (secondary N) is 1. The Balaban J connectivity index is 1.68. The van der Waals surface area contributed by atoms with Crippen molar-refractivity contribution in [1.29, 1.82) is 0 Å². The zero-order valence-electron chi connectivity index (χ0n) is 33.7. The highest BCUT2D eigenvalue weighted by molar-refractivity contribution is 7.71. The van der Waals surface area contributed by atoms with Crippen LogP contribution in [-0.2, 0) is 18.0 Å². The molecule has 1 saturated heterocycles. The minimum Gasteiger partial charge on any atom is -0.414 e. The maximum absolute atomic E-state index is 14.2. The molecule has 11 heteroatoms. The van der Waals surface area contributed by atoms with E-state index in [1.54, 1.807) is 4.57 Å². The van der Waals surface area contributed by atoms with Crippen molar-refractivity contribution in [3.8, 4) is 11.1 Å². The smallest absolute Gasteiger partial charge is 0.328 e. The Morgan fingerprint density at radius 1 is 0.706 bits per heavy atom. The molecular formula is C40H62N2O5SSi3. The van der Waals surface area contributed by atoms with Crippen molar-refractivity contribution >= 4 is 37.2 Å². The van der Waals surface area contributed by atoms with Gasteiger partial charge in [-0.3, -0.25) is 9.55 Å². The van der Waals surface area contributed by atoms with Crippen molar-refractivity contribution < 1.29 is 18.0 Å². The number of aromatic nitrogens is 2. The average Bonchev–Trinajstić information content (AvgIpc) is 3.49. The fourth-order valence-corrected chi connectivity index (χ4v) is 10.1. The van der Waals surface area contributed by atoms with E-state index in [2.05, 4.69) is 155 Å². The number of hydrogen-bond donors (Lipinski definition) is 1. The second-order valence-corrected chi connectivity index (χ2v) is 33.9. The van der Waals surface area contributed by atoms with Gasteiger partial charge in [-0.05, 0) is 76.7 Å². The number of H-pyrrole nitrogens is 1. The highest BCUT2D eigenvalue weighted by atomic mass is 32.1. The van der Waals surface area contributed by atoms with Gasteiger partial charge >= 0.3 is 5.69 Å². The van der Waals surface area contributed by atoms with E-state index < -0.39 is 49.5 Å². The van der Waals surface area contributed by atoms with Gasteiger partial charge in [-0.1, -0.05) is 123 Å². The Hall–Kier alpha value is -1.97. The molecular weight excluding hydrogens is 705 g/mol. The van der Waals surface area contributed by atoms with E-state index in [4.69, 9.17) is 30.2 Å². The molecule has 1 aliphatic heterocycles. The third kappa shape index (κ3) is 7.69. The summed E-state index contributed by atoms with van der Waals surface area (Å²) < 4.78 is 30.8. The molecule has 0 unspecified atom stereocenters. The van der Waals surface area contributed by atoms with Gasteiger partial charge < -0.3 is 18.0 Å². The van der Waals surface area contributed by atoms with E-state index in [0.29, 0.717) is 11.2 Å². The summed E-state index contributed by atoms with van der Waals surface area (Å²) >= 11 is 5.94. The summed E-state index contributed by atoms with van der Waals surface area (Å²) in [6.45, 7) is 34.2. The van der Waals surface area contributed by atoms with Crippen molar-refractivity contribution in [3.05, 3.63) is 86.5 Å². The Morgan fingerprint density at radius 3 is 1.63 bits per heavy atom. The average molecular weight is 767 g/mol. The number of hydrogen-bond acceptors (Lipinski definition) is 6. The summed E-state index contributed by atoms with van der Waals surface area (Å²) in [5, 5.41) is -0.118. The van der Waals surface area contributed by atoms with E-state index in [1.165, 1.54) is 22.3 Å². The van der Waals surface area contributed by atoms with Gasteiger partial charge in [-0.15, -0.1) is 0 Å². The lowest BCUT2D eigenvalue weighted by atomic mass is 9.91. The molecule has 280 valence electrons. The molecule has 2 heterocycles. The van der Waals surface area contributed by atoms with Crippen LogP contribution in [0.2, 0.25) is 54.4 Å². The van der Waals surface area contributed by atoms with Crippen LogP contribution in [0.3, 0.4) is 0 Å². The van der Waals surface area contributed by atoms with Gasteiger partial charge in [0.1, 0.15) is 23.0 Å². The van der Waals surface area contributed by atoms with Crippen LogP contribution in [0.25, 0.3) is 11.1 Å². The first-order valence-electron chi connectivity index (χ1n) is 18.5.